The minimum absolute atomic E-state index is 0.491. The molecule has 0 spiro atoms. The quantitative estimate of drug-likeness (QED) is 0.166. The van der Waals surface area contributed by atoms with E-state index in [-0.39, 0.29) is 0 Å². The Kier molecular flexibility index (Phi) is 8.25. The van der Waals surface area contributed by atoms with Crippen LogP contribution in [0.1, 0.15) is 35.6 Å². The molecule has 2 aliphatic heterocycles. The highest BCUT2D eigenvalue weighted by molar-refractivity contribution is 8.00. The van der Waals surface area contributed by atoms with Gasteiger partial charge < -0.3 is 14.2 Å². The number of hydrogen-bond donors (Lipinski definition) is 1. The van der Waals surface area contributed by atoms with Crippen LogP contribution in [0.4, 0.5) is 13.2 Å². The summed E-state index contributed by atoms with van der Waals surface area (Å²) in [7, 11) is -6.33. The molecule has 224 valence electrons. The number of halogens is 3. The van der Waals surface area contributed by atoms with Gasteiger partial charge in [-0.25, -0.2) is 4.79 Å². The van der Waals surface area contributed by atoms with Gasteiger partial charge >= 0.3 is 21.6 Å². The van der Waals surface area contributed by atoms with E-state index in [1.54, 1.807) is 91.0 Å². The molecule has 2 amide bonds. The van der Waals surface area contributed by atoms with Gasteiger partial charge in [-0.15, -0.1) is 11.8 Å². The van der Waals surface area contributed by atoms with Gasteiger partial charge in [-0.1, -0.05) is 91.0 Å². The molecule has 2 unspecified atom stereocenters. The molecule has 14 heteroatoms. The van der Waals surface area contributed by atoms with Crippen molar-refractivity contribution in [3.8, 4) is 0 Å². The Morgan fingerprint density at radius 3 is 1.91 bits per heavy atom. The molecule has 2 heterocycles. The molecule has 3 aromatic rings. The number of amides is 2. The predicted molar refractivity (Wildman–Crippen MR) is 149 cm³/mol. The normalized spacial score (nSPS) is 20.3. The number of thioether (sulfide) groups is 1. The van der Waals surface area contributed by atoms with Crippen molar-refractivity contribution in [2.24, 2.45) is 0 Å². The van der Waals surface area contributed by atoms with Crippen molar-refractivity contribution in [1.29, 1.82) is 0 Å². The Labute approximate surface area is 248 Å². The number of rotatable bonds is 8. The number of hydrogen-bond acceptors (Lipinski definition) is 8. The Balaban J connectivity index is 1.64. The second-order valence-electron chi connectivity index (χ2n) is 9.51. The molecule has 0 saturated carbocycles. The first-order valence-electron chi connectivity index (χ1n) is 12.8. The van der Waals surface area contributed by atoms with Crippen LogP contribution in [-0.4, -0.2) is 47.4 Å². The summed E-state index contributed by atoms with van der Waals surface area (Å²) in [6.45, 7) is 1.06. The van der Waals surface area contributed by atoms with E-state index in [2.05, 4.69) is 9.50 Å². The first-order chi connectivity index (χ1) is 20.4. The SMILES string of the molecule is CC(=O)NC1S[C@@H]2C(c3ccccc3)C(=O)N2C(C(=O)OC(c2ccccc2)c2ccccc2)=C1OS(=O)(=O)C(F)(F)F. The lowest BCUT2D eigenvalue weighted by Gasteiger charge is -2.51. The lowest BCUT2D eigenvalue weighted by molar-refractivity contribution is -0.154. The minimum Gasteiger partial charge on any atom is -0.448 e. The maximum Gasteiger partial charge on any atom is 0.534 e. The molecule has 0 aliphatic carbocycles. The number of benzene rings is 3. The van der Waals surface area contributed by atoms with Crippen LogP contribution >= 0.6 is 11.8 Å². The predicted octanol–water partition coefficient (Wildman–Crippen LogP) is 4.56. The van der Waals surface area contributed by atoms with E-state index in [0.717, 1.165) is 23.6 Å². The zero-order chi connectivity index (χ0) is 30.9. The zero-order valence-corrected chi connectivity index (χ0v) is 23.9. The maximum atomic E-state index is 14.0. The molecule has 1 fully saturated rings. The number of nitrogens with one attached hydrogen (secondary N) is 1. The van der Waals surface area contributed by atoms with Crippen LogP contribution in [0.25, 0.3) is 0 Å². The number of alkyl halides is 3. The third-order valence-corrected chi connectivity index (χ3v) is 8.96. The molecule has 2 aliphatic rings. The number of nitrogens with zero attached hydrogens (tertiary/aromatic N) is 1. The third kappa shape index (κ3) is 5.97. The zero-order valence-electron chi connectivity index (χ0n) is 22.2. The topological polar surface area (TPSA) is 119 Å². The largest absolute Gasteiger partial charge is 0.534 e. The highest BCUT2D eigenvalue weighted by Gasteiger charge is 2.59. The second-order valence-corrected chi connectivity index (χ2v) is 12.3. The number of esters is 1. The number of carbonyl (C=O) groups is 3. The van der Waals surface area contributed by atoms with Crippen molar-refractivity contribution in [3.63, 3.8) is 0 Å². The lowest BCUT2D eigenvalue weighted by atomic mass is 9.89. The molecule has 5 rings (SSSR count). The van der Waals surface area contributed by atoms with E-state index >= 15 is 0 Å². The Morgan fingerprint density at radius 2 is 1.42 bits per heavy atom. The fraction of sp³-hybridized carbons (Fsp3) is 0.207. The smallest absolute Gasteiger partial charge is 0.448 e. The Morgan fingerprint density at radius 1 is 0.907 bits per heavy atom. The molecule has 3 atom stereocenters. The number of fused-ring (bicyclic) bond motifs is 1. The van der Waals surface area contributed by atoms with Crippen molar-refractivity contribution in [2.75, 3.05) is 0 Å². The van der Waals surface area contributed by atoms with Crippen LogP contribution in [0.15, 0.2) is 102 Å². The van der Waals surface area contributed by atoms with E-state index in [9.17, 15) is 36.0 Å². The highest BCUT2D eigenvalue weighted by atomic mass is 32.2. The van der Waals surface area contributed by atoms with Gasteiger partial charge in [0.2, 0.25) is 11.8 Å². The molecule has 3 aromatic carbocycles. The van der Waals surface area contributed by atoms with E-state index < -0.39 is 67.6 Å². The van der Waals surface area contributed by atoms with Gasteiger partial charge in [0.25, 0.3) is 0 Å². The summed E-state index contributed by atoms with van der Waals surface area (Å²) in [5, 5.41) is -0.165. The molecule has 43 heavy (non-hydrogen) atoms. The summed E-state index contributed by atoms with van der Waals surface area (Å²) in [6.07, 6.45) is -1.10. The van der Waals surface area contributed by atoms with Crippen LogP contribution in [0.3, 0.4) is 0 Å². The number of carbonyl (C=O) groups excluding carboxylic acids is 3. The van der Waals surface area contributed by atoms with Gasteiger partial charge in [-0.05, 0) is 16.7 Å². The standard InChI is InChI=1S/C29H23F3N2O7S2/c1-17(35)33-25-24(41-43(38,39)29(30,31)32)22(34-26(36)21(27(34)42-25)18-11-5-2-6-12-18)28(37)40-23(19-13-7-3-8-14-19)20-15-9-4-10-16-20/h2-16,21,23,25,27H,1H3,(H,33,35)/t21?,25?,27-/m1/s1. The van der Waals surface area contributed by atoms with Gasteiger partial charge in [-0.2, -0.15) is 21.6 Å². The van der Waals surface area contributed by atoms with E-state index in [4.69, 9.17) is 4.74 Å². The molecule has 0 radical (unpaired) electrons. The van der Waals surface area contributed by atoms with Gasteiger partial charge in [0.1, 0.15) is 10.7 Å². The van der Waals surface area contributed by atoms with Crippen molar-refractivity contribution in [2.45, 2.75) is 35.2 Å². The molecule has 0 bridgehead atoms. The average molecular weight is 633 g/mol. The third-order valence-electron chi connectivity index (χ3n) is 6.63. The Bertz CT molecular complexity index is 1630. The summed E-state index contributed by atoms with van der Waals surface area (Å²) >= 11 is 0.759. The van der Waals surface area contributed by atoms with Crippen LogP contribution in [-0.2, 0) is 33.4 Å². The molecular weight excluding hydrogens is 609 g/mol. The summed E-state index contributed by atoms with van der Waals surface area (Å²) in [5.74, 6) is -4.73. The lowest BCUT2D eigenvalue weighted by Crippen LogP contribution is -2.62. The summed E-state index contributed by atoms with van der Waals surface area (Å²) in [5.41, 5.74) is -5.20. The summed E-state index contributed by atoms with van der Waals surface area (Å²) in [6, 6.07) is 25.3. The van der Waals surface area contributed by atoms with Gasteiger partial charge in [0.05, 0.1) is 5.92 Å². The van der Waals surface area contributed by atoms with Crippen molar-refractivity contribution >= 4 is 39.7 Å². The van der Waals surface area contributed by atoms with Crippen LogP contribution < -0.4 is 5.32 Å². The maximum absolute atomic E-state index is 14.0. The van der Waals surface area contributed by atoms with Gasteiger partial charge in [-0.3, -0.25) is 14.5 Å². The monoisotopic (exact) mass is 632 g/mol. The van der Waals surface area contributed by atoms with Crippen molar-refractivity contribution in [1.82, 2.24) is 10.2 Å². The van der Waals surface area contributed by atoms with E-state index in [0.29, 0.717) is 16.7 Å². The fourth-order valence-electron chi connectivity index (χ4n) is 4.73. The molecule has 9 nitrogen and oxygen atoms in total. The second kappa shape index (κ2) is 11.8. The fourth-order valence-corrected chi connectivity index (χ4v) is 6.86. The minimum atomic E-state index is -6.33. The summed E-state index contributed by atoms with van der Waals surface area (Å²) in [4.78, 5) is 40.4. The first-order valence-corrected chi connectivity index (χ1v) is 15.1. The van der Waals surface area contributed by atoms with Crippen LogP contribution in [0, 0.1) is 0 Å². The Hall–Kier alpha value is -4.30. The summed E-state index contributed by atoms with van der Waals surface area (Å²) < 4.78 is 75.2. The molecule has 1 saturated heterocycles. The highest BCUT2D eigenvalue weighted by Crippen LogP contribution is 2.51. The van der Waals surface area contributed by atoms with Crippen LogP contribution in [0.2, 0.25) is 0 Å². The van der Waals surface area contributed by atoms with E-state index in [1.165, 1.54) is 0 Å². The average Bonchev–Trinajstić information content (AvgIpc) is 2.97. The van der Waals surface area contributed by atoms with Crippen LogP contribution in [0.5, 0.6) is 0 Å². The number of β-lactam (4-membered cyclic amide) rings is 1. The molecule has 1 N–H and O–H groups in total. The first kappa shape index (κ1) is 30.2. The van der Waals surface area contributed by atoms with Crippen molar-refractivity contribution < 1.29 is 44.9 Å². The van der Waals surface area contributed by atoms with Gasteiger partial charge in [0, 0.05) is 6.92 Å². The number of ether oxygens (including phenoxy) is 1. The van der Waals surface area contributed by atoms with Crippen molar-refractivity contribution in [3.05, 3.63) is 119 Å². The van der Waals surface area contributed by atoms with E-state index in [1.807, 2.05) is 0 Å². The molecular formula is C29H23F3N2O7S2. The van der Waals surface area contributed by atoms with Gasteiger partial charge in [0.15, 0.2) is 17.6 Å². The molecule has 0 aromatic heterocycles.